The molecule has 2 fully saturated rings. The number of aromatic nitrogens is 4. The Morgan fingerprint density at radius 2 is 1.75 bits per heavy atom. The fourth-order valence-corrected chi connectivity index (χ4v) is 4.82. The molecule has 2 amide bonds. The van der Waals surface area contributed by atoms with E-state index in [2.05, 4.69) is 24.8 Å². The van der Waals surface area contributed by atoms with E-state index in [0.717, 1.165) is 74.7 Å². The lowest BCUT2D eigenvalue weighted by atomic mass is 9.96. The number of pyridine rings is 2. The topological polar surface area (TPSA) is 79.2 Å². The molecule has 8 nitrogen and oxygen atoms in total. The highest BCUT2D eigenvalue weighted by atomic mass is 16.2. The van der Waals surface area contributed by atoms with Crippen LogP contribution < -0.4 is 5.32 Å². The number of carbonyl (C=O) groups is 1. The first-order chi connectivity index (χ1) is 15.8. The van der Waals surface area contributed by atoms with E-state index in [1.54, 1.807) is 12.4 Å². The first-order valence-corrected chi connectivity index (χ1v) is 11.8. The van der Waals surface area contributed by atoms with E-state index in [9.17, 15) is 4.79 Å². The molecule has 0 unspecified atom stereocenters. The van der Waals surface area contributed by atoms with Gasteiger partial charge in [-0.05, 0) is 37.1 Å². The largest absolute Gasteiger partial charge is 0.335 e. The van der Waals surface area contributed by atoms with Crippen LogP contribution in [0.3, 0.4) is 0 Å². The van der Waals surface area contributed by atoms with Crippen molar-refractivity contribution in [3.8, 4) is 11.4 Å². The monoisotopic (exact) mass is 433 g/mol. The molecule has 4 heterocycles. The highest BCUT2D eigenvalue weighted by molar-refractivity contribution is 5.77. The van der Waals surface area contributed by atoms with Gasteiger partial charge < -0.3 is 14.8 Å². The smallest absolute Gasteiger partial charge is 0.317 e. The number of nitrogens with zero attached hydrogens (tertiary/aromatic N) is 6. The second-order valence-electron chi connectivity index (χ2n) is 8.78. The lowest BCUT2D eigenvalue weighted by Crippen LogP contribution is -2.54. The summed E-state index contributed by atoms with van der Waals surface area (Å²) in [5.41, 5.74) is 2.86. The van der Waals surface area contributed by atoms with Crippen LogP contribution in [0.4, 0.5) is 4.79 Å². The van der Waals surface area contributed by atoms with E-state index in [4.69, 9.17) is 4.98 Å². The van der Waals surface area contributed by atoms with Gasteiger partial charge in [-0.3, -0.25) is 9.88 Å². The number of nitrogens with one attached hydrogen (secondary N) is 1. The maximum Gasteiger partial charge on any atom is 0.317 e. The minimum absolute atomic E-state index is 0.112. The van der Waals surface area contributed by atoms with E-state index in [1.165, 1.54) is 19.3 Å². The first-order valence-electron chi connectivity index (χ1n) is 11.8. The van der Waals surface area contributed by atoms with Crippen molar-refractivity contribution < 1.29 is 4.79 Å². The van der Waals surface area contributed by atoms with Crippen LogP contribution in [0.5, 0.6) is 0 Å². The molecule has 0 spiro atoms. The van der Waals surface area contributed by atoms with Crippen molar-refractivity contribution in [2.75, 3.05) is 32.7 Å². The highest BCUT2D eigenvalue weighted by Gasteiger charge is 2.24. The minimum Gasteiger partial charge on any atom is -0.335 e. The van der Waals surface area contributed by atoms with Crippen molar-refractivity contribution in [2.24, 2.45) is 0 Å². The van der Waals surface area contributed by atoms with Gasteiger partial charge in [0.2, 0.25) is 0 Å². The van der Waals surface area contributed by atoms with E-state index in [-0.39, 0.29) is 6.03 Å². The summed E-state index contributed by atoms with van der Waals surface area (Å²) >= 11 is 0. The molecule has 168 valence electrons. The third-order valence-corrected chi connectivity index (χ3v) is 6.67. The molecule has 2 aliphatic rings. The van der Waals surface area contributed by atoms with Crippen LogP contribution in [-0.2, 0) is 6.54 Å². The lowest BCUT2D eigenvalue weighted by Gasteiger charge is -2.36. The molecule has 1 aliphatic carbocycles. The summed E-state index contributed by atoms with van der Waals surface area (Å²) in [4.78, 5) is 30.6. The quantitative estimate of drug-likeness (QED) is 0.669. The summed E-state index contributed by atoms with van der Waals surface area (Å²) < 4.78 is 2.20. The summed E-state index contributed by atoms with van der Waals surface area (Å²) in [7, 11) is 0. The van der Waals surface area contributed by atoms with Gasteiger partial charge in [0.05, 0.1) is 0 Å². The lowest BCUT2D eigenvalue weighted by molar-refractivity contribution is 0.133. The van der Waals surface area contributed by atoms with E-state index in [1.807, 2.05) is 35.4 Å². The fraction of sp³-hybridized carbons (Fsp3) is 0.500. The third kappa shape index (κ3) is 4.60. The SMILES string of the molecule is O=C(NC1CCCCC1)N1CCN(CCn2c(-c3ccncc3)nc3cccnc32)CC1. The fourth-order valence-electron chi connectivity index (χ4n) is 4.82. The van der Waals surface area contributed by atoms with Gasteiger partial charge in [0.15, 0.2) is 5.65 Å². The second-order valence-corrected chi connectivity index (χ2v) is 8.78. The molecule has 1 aliphatic heterocycles. The molecule has 0 atom stereocenters. The number of fused-ring (bicyclic) bond motifs is 1. The van der Waals surface area contributed by atoms with Crippen molar-refractivity contribution in [3.63, 3.8) is 0 Å². The average Bonchev–Trinajstić information content (AvgIpc) is 3.23. The molecule has 0 bridgehead atoms. The summed E-state index contributed by atoms with van der Waals surface area (Å²) in [6.07, 6.45) is 11.4. The third-order valence-electron chi connectivity index (χ3n) is 6.67. The zero-order valence-corrected chi connectivity index (χ0v) is 18.5. The van der Waals surface area contributed by atoms with Gasteiger partial charge in [0, 0.05) is 69.5 Å². The number of imidazole rings is 1. The van der Waals surface area contributed by atoms with Gasteiger partial charge in [0.25, 0.3) is 0 Å². The number of piperazine rings is 1. The van der Waals surface area contributed by atoms with Gasteiger partial charge in [-0.1, -0.05) is 19.3 Å². The van der Waals surface area contributed by atoms with Crippen LogP contribution >= 0.6 is 0 Å². The second kappa shape index (κ2) is 9.65. The normalized spacial score (nSPS) is 18.2. The molecule has 3 aromatic heterocycles. The van der Waals surface area contributed by atoms with Gasteiger partial charge in [-0.25, -0.2) is 14.8 Å². The zero-order chi connectivity index (χ0) is 21.8. The summed E-state index contributed by atoms with van der Waals surface area (Å²) in [5.74, 6) is 0.923. The van der Waals surface area contributed by atoms with Crippen LogP contribution in [0, 0.1) is 0 Å². The van der Waals surface area contributed by atoms with Crippen LogP contribution in [-0.4, -0.2) is 74.1 Å². The van der Waals surface area contributed by atoms with Gasteiger partial charge in [-0.2, -0.15) is 0 Å². The number of carbonyl (C=O) groups excluding carboxylic acids is 1. The van der Waals surface area contributed by atoms with Crippen molar-refractivity contribution >= 4 is 17.2 Å². The number of hydrogen-bond donors (Lipinski definition) is 1. The van der Waals surface area contributed by atoms with Crippen LogP contribution in [0.15, 0.2) is 42.9 Å². The maximum absolute atomic E-state index is 12.6. The first kappa shape index (κ1) is 20.9. The highest BCUT2D eigenvalue weighted by Crippen LogP contribution is 2.23. The average molecular weight is 434 g/mol. The van der Waals surface area contributed by atoms with Crippen molar-refractivity contribution in [1.29, 1.82) is 0 Å². The van der Waals surface area contributed by atoms with Crippen molar-refractivity contribution in [3.05, 3.63) is 42.9 Å². The number of amides is 2. The van der Waals surface area contributed by atoms with Crippen LogP contribution in [0.1, 0.15) is 32.1 Å². The molecule has 1 saturated heterocycles. The molecular formula is C24H31N7O. The Labute approximate surface area is 188 Å². The van der Waals surface area contributed by atoms with E-state index < -0.39 is 0 Å². The predicted octanol–water partition coefficient (Wildman–Crippen LogP) is 3.15. The Balaban J connectivity index is 1.20. The number of urea groups is 1. The predicted molar refractivity (Wildman–Crippen MR) is 124 cm³/mol. The van der Waals surface area contributed by atoms with Gasteiger partial charge in [-0.15, -0.1) is 0 Å². The number of rotatable bonds is 5. The van der Waals surface area contributed by atoms with Gasteiger partial charge in [0.1, 0.15) is 11.3 Å². The zero-order valence-electron chi connectivity index (χ0n) is 18.5. The van der Waals surface area contributed by atoms with E-state index >= 15 is 0 Å². The summed E-state index contributed by atoms with van der Waals surface area (Å²) in [6.45, 7) is 5.04. The number of hydrogen-bond acceptors (Lipinski definition) is 5. The Kier molecular flexibility index (Phi) is 6.29. The molecule has 32 heavy (non-hydrogen) atoms. The molecular weight excluding hydrogens is 402 g/mol. The van der Waals surface area contributed by atoms with Crippen LogP contribution in [0.2, 0.25) is 0 Å². The summed E-state index contributed by atoms with van der Waals surface area (Å²) in [5, 5.41) is 3.25. The van der Waals surface area contributed by atoms with E-state index in [0.29, 0.717) is 6.04 Å². The Morgan fingerprint density at radius 1 is 0.969 bits per heavy atom. The van der Waals surface area contributed by atoms with Crippen molar-refractivity contribution in [2.45, 2.75) is 44.7 Å². The molecule has 5 rings (SSSR count). The van der Waals surface area contributed by atoms with Gasteiger partial charge >= 0.3 is 6.03 Å². The molecule has 8 heteroatoms. The molecule has 0 aromatic carbocycles. The molecule has 3 aromatic rings. The summed E-state index contributed by atoms with van der Waals surface area (Å²) in [6, 6.07) is 8.38. The Hall–Kier alpha value is -3.00. The maximum atomic E-state index is 12.6. The van der Waals surface area contributed by atoms with Crippen molar-refractivity contribution in [1.82, 2.24) is 34.6 Å². The Bertz CT molecular complexity index is 1040. The molecule has 1 N–H and O–H groups in total. The molecule has 1 saturated carbocycles. The minimum atomic E-state index is 0.112. The standard InChI is InChI=1S/C24H31N7O/c32-24(27-20-5-2-1-3-6-20)30-16-13-29(14-17-30)15-18-31-22(19-8-11-25-12-9-19)28-21-7-4-10-26-23(21)31/h4,7-12,20H,1-3,5-6,13-18H2,(H,27,32). The van der Waals surface area contributed by atoms with Crippen LogP contribution in [0.25, 0.3) is 22.6 Å². The Morgan fingerprint density at radius 3 is 2.53 bits per heavy atom. The molecule has 0 radical (unpaired) electrons.